The van der Waals surface area contributed by atoms with Gasteiger partial charge in [-0.05, 0) is 25.1 Å². The molecule has 0 aromatic heterocycles. The molecule has 2 aromatic carbocycles. The molecule has 2 aromatic rings. The number of fused-ring (bicyclic) bond motifs is 2. The summed E-state index contributed by atoms with van der Waals surface area (Å²) in [6.45, 7) is 3.59. The average molecular weight is 388 g/mol. The molecule has 1 saturated heterocycles. The monoisotopic (exact) mass is 388 g/mol. The fourth-order valence-electron chi connectivity index (χ4n) is 3.86. The van der Waals surface area contributed by atoms with Gasteiger partial charge in [0.2, 0.25) is 5.91 Å². The van der Waals surface area contributed by atoms with E-state index in [9.17, 15) is 18.4 Å². The predicted molar refractivity (Wildman–Crippen MR) is 100 cm³/mol. The number of anilines is 1. The summed E-state index contributed by atoms with van der Waals surface area (Å²) in [7, 11) is 0. The topological polar surface area (TPSA) is 40.6 Å². The Hall–Kier alpha value is -2.41. The fraction of sp³-hybridized carbons (Fsp3) is 0.300. The zero-order valence-electron chi connectivity index (χ0n) is 15.0. The van der Waals surface area contributed by atoms with Crippen LogP contribution in [0.15, 0.2) is 36.4 Å². The molecular formula is C20H18F2N2O2S. The van der Waals surface area contributed by atoms with Gasteiger partial charge in [0.25, 0.3) is 5.91 Å². The molecule has 0 aliphatic carbocycles. The number of carbonyl (C=O) groups excluding carboxylic acids is 2. The van der Waals surface area contributed by atoms with Crippen LogP contribution >= 0.6 is 11.8 Å². The molecule has 2 aliphatic heterocycles. The number of carbonyl (C=O) groups is 2. The van der Waals surface area contributed by atoms with Gasteiger partial charge in [0.15, 0.2) is 4.87 Å². The number of aryl methyl sites for hydroxylation is 1. The third kappa shape index (κ3) is 2.56. The van der Waals surface area contributed by atoms with Crippen molar-refractivity contribution in [3.8, 4) is 0 Å². The zero-order valence-corrected chi connectivity index (χ0v) is 15.8. The third-order valence-corrected chi connectivity index (χ3v) is 6.53. The first-order valence-corrected chi connectivity index (χ1v) is 9.63. The first-order chi connectivity index (χ1) is 12.9. The van der Waals surface area contributed by atoms with Gasteiger partial charge in [0, 0.05) is 30.3 Å². The molecule has 0 unspecified atom stereocenters. The minimum Gasteiger partial charge on any atom is -0.315 e. The lowest BCUT2D eigenvalue weighted by Gasteiger charge is -2.32. The molecule has 140 valence electrons. The van der Waals surface area contributed by atoms with Crippen LogP contribution in [-0.4, -0.2) is 29.0 Å². The van der Waals surface area contributed by atoms with Crippen molar-refractivity contribution < 1.29 is 18.4 Å². The summed E-state index contributed by atoms with van der Waals surface area (Å²) >= 11 is 1.40. The first kappa shape index (κ1) is 18.0. The third-order valence-electron chi connectivity index (χ3n) is 5.11. The molecule has 1 fully saturated rings. The van der Waals surface area contributed by atoms with Crippen molar-refractivity contribution in [2.24, 2.45) is 0 Å². The minimum absolute atomic E-state index is 0.160. The van der Waals surface area contributed by atoms with E-state index in [2.05, 4.69) is 0 Å². The number of benzene rings is 2. The van der Waals surface area contributed by atoms with Crippen LogP contribution in [0.4, 0.5) is 14.5 Å². The Morgan fingerprint density at radius 3 is 2.59 bits per heavy atom. The van der Waals surface area contributed by atoms with Crippen molar-refractivity contribution >= 4 is 29.3 Å². The number of halogens is 2. The van der Waals surface area contributed by atoms with E-state index in [1.807, 2.05) is 19.1 Å². The summed E-state index contributed by atoms with van der Waals surface area (Å²) in [5.41, 5.74) is 2.10. The second-order valence-corrected chi connectivity index (χ2v) is 8.06. The van der Waals surface area contributed by atoms with Gasteiger partial charge < -0.3 is 9.80 Å². The van der Waals surface area contributed by atoms with E-state index in [0.29, 0.717) is 23.5 Å². The largest absolute Gasteiger partial charge is 0.315 e. The van der Waals surface area contributed by atoms with E-state index in [-0.39, 0.29) is 23.9 Å². The van der Waals surface area contributed by atoms with Crippen molar-refractivity contribution in [3.05, 3.63) is 64.7 Å². The molecular weight excluding hydrogens is 370 g/mol. The fourth-order valence-corrected chi connectivity index (χ4v) is 5.36. The van der Waals surface area contributed by atoms with E-state index >= 15 is 0 Å². The predicted octanol–water partition coefficient (Wildman–Crippen LogP) is 3.57. The van der Waals surface area contributed by atoms with Crippen molar-refractivity contribution in [2.45, 2.75) is 25.3 Å². The highest BCUT2D eigenvalue weighted by Gasteiger charge is 2.58. The number of rotatable bonds is 2. The van der Waals surface area contributed by atoms with Crippen molar-refractivity contribution in [2.75, 3.05) is 17.2 Å². The maximum absolute atomic E-state index is 14.2. The lowest BCUT2D eigenvalue weighted by Crippen LogP contribution is -2.49. The highest BCUT2D eigenvalue weighted by atomic mass is 32.2. The smallest absolute Gasteiger partial charge is 0.268 e. The van der Waals surface area contributed by atoms with E-state index in [4.69, 9.17) is 0 Å². The van der Waals surface area contributed by atoms with Crippen LogP contribution in [0.5, 0.6) is 0 Å². The molecule has 2 amide bonds. The lowest BCUT2D eigenvalue weighted by atomic mass is 10.0. The molecule has 0 saturated carbocycles. The molecule has 4 rings (SSSR count). The molecule has 27 heavy (non-hydrogen) atoms. The summed E-state index contributed by atoms with van der Waals surface area (Å²) in [5, 5.41) is 0. The maximum Gasteiger partial charge on any atom is 0.268 e. The molecule has 2 aliphatic rings. The molecule has 4 nitrogen and oxygen atoms in total. The van der Waals surface area contributed by atoms with Gasteiger partial charge in [-0.1, -0.05) is 23.8 Å². The standard InChI is InChI=1S/C20H18F2N2O2S/c1-12-6-7-18-15(10-12)20(24(13(2)25)8-9-27-20)19(26)23(18)11-14-16(21)4-3-5-17(14)22/h3-7,10H,8-9,11H2,1-2H3/t20-/m1/s1. The number of thioether (sulfide) groups is 1. The first-order valence-electron chi connectivity index (χ1n) is 8.64. The average Bonchev–Trinajstić information content (AvgIpc) is 3.15. The van der Waals surface area contributed by atoms with Gasteiger partial charge >= 0.3 is 0 Å². The Balaban J connectivity index is 1.86. The van der Waals surface area contributed by atoms with Crippen LogP contribution in [0.25, 0.3) is 0 Å². The number of hydrogen-bond donors (Lipinski definition) is 0. The Morgan fingerprint density at radius 1 is 1.22 bits per heavy atom. The lowest BCUT2D eigenvalue weighted by molar-refractivity contribution is -0.138. The molecule has 1 spiro atoms. The summed E-state index contributed by atoms with van der Waals surface area (Å²) < 4.78 is 28.4. The Kier molecular flexibility index (Phi) is 4.22. The molecule has 2 heterocycles. The van der Waals surface area contributed by atoms with Gasteiger partial charge in [0.1, 0.15) is 11.6 Å². The Bertz CT molecular complexity index is 945. The summed E-state index contributed by atoms with van der Waals surface area (Å²) in [6, 6.07) is 9.18. The Labute approximate surface area is 160 Å². The van der Waals surface area contributed by atoms with E-state index in [0.717, 1.165) is 5.56 Å². The van der Waals surface area contributed by atoms with Crippen molar-refractivity contribution in [1.29, 1.82) is 0 Å². The number of hydrogen-bond acceptors (Lipinski definition) is 3. The molecule has 0 radical (unpaired) electrons. The summed E-state index contributed by atoms with van der Waals surface area (Å²) in [5.74, 6) is -1.29. The van der Waals surface area contributed by atoms with Crippen LogP contribution in [0, 0.1) is 18.6 Å². The van der Waals surface area contributed by atoms with Crippen molar-refractivity contribution in [1.82, 2.24) is 4.90 Å². The minimum atomic E-state index is -1.16. The van der Waals surface area contributed by atoms with Crippen molar-refractivity contribution in [3.63, 3.8) is 0 Å². The maximum atomic E-state index is 14.2. The molecule has 7 heteroatoms. The van der Waals surface area contributed by atoms with E-state index in [1.54, 1.807) is 11.0 Å². The van der Waals surface area contributed by atoms with Gasteiger partial charge in [0.05, 0.1) is 12.2 Å². The van der Waals surface area contributed by atoms with Gasteiger partial charge in [-0.15, -0.1) is 11.8 Å². The second kappa shape index (κ2) is 6.34. The van der Waals surface area contributed by atoms with E-state index < -0.39 is 16.5 Å². The highest BCUT2D eigenvalue weighted by Crippen LogP contribution is 2.54. The van der Waals surface area contributed by atoms with Crippen LogP contribution in [-0.2, 0) is 21.0 Å². The summed E-state index contributed by atoms with van der Waals surface area (Å²) in [6.07, 6.45) is 0. The number of nitrogens with zero attached hydrogens (tertiary/aromatic N) is 2. The van der Waals surface area contributed by atoms with Crippen LogP contribution < -0.4 is 4.90 Å². The molecule has 0 bridgehead atoms. The Morgan fingerprint density at radius 2 is 1.93 bits per heavy atom. The second-order valence-electron chi connectivity index (χ2n) is 6.78. The summed E-state index contributed by atoms with van der Waals surface area (Å²) in [4.78, 5) is 27.5. The van der Waals surface area contributed by atoms with Crippen LogP contribution in [0.2, 0.25) is 0 Å². The highest BCUT2D eigenvalue weighted by molar-refractivity contribution is 8.01. The molecule has 1 atom stereocenters. The van der Waals surface area contributed by atoms with Crippen LogP contribution in [0.1, 0.15) is 23.6 Å². The zero-order chi connectivity index (χ0) is 19.3. The SMILES string of the molecule is CC(=O)N1CCS[C@]12C(=O)N(Cc1c(F)cccc1F)c1ccc(C)cc12. The van der Waals surface area contributed by atoms with Gasteiger partial charge in [-0.3, -0.25) is 9.59 Å². The van der Waals surface area contributed by atoms with E-state index in [1.165, 1.54) is 41.8 Å². The quantitative estimate of drug-likeness (QED) is 0.790. The van der Waals surface area contributed by atoms with Gasteiger partial charge in [-0.25, -0.2) is 8.78 Å². The number of amides is 2. The molecule has 0 N–H and O–H groups in total. The van der Waals surface area contributed by atoms with Crippen LogP contribution in [0.3, 0.4) is 0 Å². The normalized spacial score (nSPS) is 21.3. The van der Waals surface area contributed by atoms with Gasteiger partial charge in [-0.2, -0.15) is 0 Å².